The summed E-state index contributed by atoms with van der Waals surface area (Å²) < 4.78 is 6.96. The van der Waals surface area contributed by atoms with Gasteiger partial charge in [0, 0.05) is 12.6 Å². The standard InChI is InChI=1S/C25H27N3O4/c1-24(2,3)32-23(31)27-21-20(15-26-28(21)4)18-7-5-16(6-8-18)17-9-11-19(12-10-17)25(13-14-25)22(29)30/h5-12,15H,13-14H2,1-4H3,(H,27,31)(H,29,30). The smallest absolute Gasteiger partial charge is 0.413 e. The van der Waals surface area contributed by atoms with Gasteiger partial charge in [0.05, 0.1) is 11.6 Å². The summed E-state index contributed by atoms with van der Waals surface area (Å²) >= 11 is 0. The van der Waals surface area contributed by atoms with Crippen LogP contribution in [0.5, 0.6) is 0 Å². The van der Waals surface area contributed by atoms with Gasteiger partial charge in [-0.15, -0.1) is 0 Å². The molecule has 32 heavy (non-hydrogen) atoms. The number of carboxylic acids is 1. The van der Waals surface area contributed by atoms with Crippen molar-refractivity contribution in [2.45, 2.75) is 44.6 Å². The molecule has 0 atom stereocenters. The molecule has 0 spiro atoms. The lowest BCUT2D eigenvalue weighted by molar-refractivity contribution is -0.140. The molecular weight excluding hydrogens is 406 g/mol. The number of carbonyl (C=O) groups is 2. The average molecular weight is 434 g/mol. The minimum Gasteiger partial charge on any atom is -0.481 e. The highest BCUT2D eigenvalue weighted by atomic mass is 16.6. The molecule has 1 aliphatic rings. The molecule has 2 aromatic carbocycles. The van der Waals surface area contributed by atoms with Gasteiger partial charge in [0.2, 0.25) is 0 Å². The van der Waals surface area contributed by atoms with Crippen LogP contribution in [-0.4, -0.2) is 32.6 Å². The highest BCUT2D eigenvalue weighted by Gasteiger charge is 2.51. The summed E-state index contributed by atoms with van der Waals surface area (Å²) in [7, 11) is 1.76. The molecule has 0 radical (unpaired) electrons. The van der Waals surface area contributed by atoms with E-state index in [1.54, 1.807) is 17.9 Å². The Morgan fingerprint density at radius 1 is 1.00 bits per heavy atom. The van der Waals surface area contributed by atoms with E-state index in [0.29, 0.717) is 18.7 Å². The Morgan fingerprint density at radius 3 is 2.03 bits per heavy atom. The van der Waals surface area contributed by atoms with Crippen molar-refractivity contribution in [3.05, 3.63) is 60.3 Å². The molecule has 2 N–H and O–H groups in total. The first-order chi connectivity index (χ1) is 15.1. The van der Waals surface area contributed by atoms with Crippen LogP contribution < -0.4 is 5.32 Å². The van der Waals surface area contributed by atoms with Gasteiger partial charge in [0.1, 0.15) is 11.4 Å². The number of hydrogen-bond acceptors (Lipinski definition) is 4. The Balaban J connectivity index is 1.54. The van der Waals surface area contributed by atoms with E-state index >= 15 is 0 Å². The van der Waals surface area contributed by atoms with E-state index in [4.69, 9.17) is 4.74 Å². The number of amides is 1. The molecule has 7 heteroatoms. The molecule has 1 saturated carbocycles. The number of nitrogens with zero attached hydrogens (tertiary/aromatic N) is 2. The third kappa shape index (κ3) is 4.23. The van der Waals surface area contributed by atoms with Crippen LogP contribution in [0.4, 0.5) is 10.6 Å². The summed E-state index contributed by atoms with van der Waals surface area (Å²) in [6.45, 7) is 5.44. The zero-order valence-electron chi connectivity index (χ0n) is 18.7. The summed E-state index contributed by atoms with van der Waals surface area (Å²) in [5.41, 5.74) is 3.30. The van der Waals surface area contributed by atoms with Gasteiger partial charge < -0.3 is 9.84 Å². The maximum atomic E-state index is 12.2. The second-order valence-corrected chi connectivity index (χ2v) is 9.20. The summed E-state index contributed by atoms with van der Waals surface area (Å²) in [6.07, 6.45) is 2.56. The molecular formula is C25H27N3O4. The van der Waals surface area contributed by atoms with Gasteiger partial charge in [0.25, 0.3) is 0 Å². The van der Waals surface area contributed by atoms with E-state index < -0.39 is 23.1 Å². The number of rotatable bonds is 5. The van der Waals surface area contributed by atoms with Crippen molar-refractivity contribution >= 4 is 17.9 Å². The van der Waals surface area contributed by atoms with Crippen molar-refractivity contribution in [3.63, 3.8) is 0 Å². The minimum absolute atomic E-state index is 0.533. The zero-order chi connectivity index (χ0) is 23.1. The van der Waals surface area contributed by atoms with Crippen molar-refractivity contribution < 1.29 is 19.4 Å². The maximum absolute atomic E-state index is 12.2. The highest BCUT2D eigenvalue weighted by molar-refractivity contribution is 5.90. The fourth-order valence-electron chi connectivity index (χ4n) is 3.77. The molecule has 1 aromatic heterocycles. The Kier molecular flexibility index (Phi) is 5.28. The molecule has 7 nitrogen and oxygen atoms in total. The van der Waals surface area contributed by atoms with Crippen molar-refractivity contribution in [2.75, 3.05) is 5.32 Å². The number of aliphatic carboxylic acids is 1. The van der Waals surface area contributed by atoms with Gasteiger partial charge in [-0.25, -0.2) is 4.79 Å². The van der Waals surface area contributed by atoms with Crippen LogP contribution in [0, 0.1) is 0 Å². The molecule has 0 unspecified atom stereocenters. The van der Waals surface area contributed by atoms with Crippen molar-refractivity contribution in [3.8, 4) is 22.3 Å². The van der Waals surface area contributed by atoms with Crippen molar-refractivity contribution in [1.82, 2.24) is 9.78 Å². The quantitative estimate of drug-likeness (QED) is 0.576. The number of benzene rings is 2. The molecule has 1 fully saturated rings. The third-order valence-electron chi connectivity index (χ3n) is 5.68. The van der Waals surface area contributed by atoms with Gasteiger partial charge in [-0.2, -0.15) is 5.10 Å². The van der Waals surface area contributed by atoms with Gasteiger partial charge in [-0.3, -0.25) is 14.8 Å². The topological polar surface area (TPSA) is 93.5 Å². The third-order valence-corrected chi connectivity index (χ3v) is 5.68. The first-order valence-corrected chi connectivity index (χ1v) is 10.6. The number of carbonyl (C=O) groups excluding carboxylic acids is 1. The predicted molar refractivity (Wildman–Crippen MR) is 122 cm³/mol. The van der Waals surface area contributed by atoms with Crippen molar-refractivity contribution in [2.24, 2.45) is 7.05 Å². The lowest BCUT2D eigenvalue weighted by Crippen LogP contribution is -2.28. The van der Waals surface area contributed by atoms with Crippen LogP contribution in [0.25, 0.3) is 22.3 Å². The van der Waals surface area contributed by atoms with Gasteiger partial charge in [0.15, 0.2) is 0 Å². The Hall–Kier alpha value is -3.61. The molecule has 166 valence electrons. The monoisotopic (exact) mass is 433 g/mol. The Labute approximate surface area is 187 Å². The number of carboxylic acid groups (broad SMARTS) is 1. The molecule has 1 heterocycles. The lowest BCUT2D eigenvalue weighted by atomic mass is 9.93. The van der Waals surface area contributed by atoms with Crippen LogP contribution in [0.2, 0.25) is 0 Å². The summed E-state index contributed by atoms with van der Waals surface area (Å²) in [4.78, 5) is 23.8. The molecule has 3 aromatic rings. The van der Waals surface area contributed by atoms with Gasteiger partial charge >= 0.3 is 12.1 Å². The first-order valence-electron chi connectivity index (χ1n) is 10.6. The van der Waals surface area contributed by atoms with E-state index in [0.717, 1.165) is 27.8 Å². The van der Waals surface area contributed by atoms with Gasteiger partial charge in [-0.1, -0.05) is 48.5 Å². The first kappa shape index (κ1) is 21.6. The number of anilines is 1. The number of ether oxygens (including phenoxy) is 1. The van der Waals surface area contributed by atoms with E-state index in [2.05, 4.69) is 10.4 Å². The van der Waals surface area contributed by atoms with Crippen LogP contribution in [-0.2, 0) is 22.0 Å². The molecule has 1 aliphatic carbocycles. The molecule has 0 bridgehead atoms. The SMILES string of the molecule is Cn1ncc(-c2ccc(-c3ccc(C4(C(=O)O)CC4)cc3)cc2)c1NC(=O)OC(C)(C)C. The molecule has 1 amide bonds. The number of aromatic nitrogens is 2. The molecule has 0 aliphatic heterocycles. The average Bonchev–Trinajstić information content (AvgIpc) is 3.47. The van der Waals surface area contributed by atoms with Gasteiger partial charge in [-0.05, 0) is 55.9 Å². The second-order valence-electron chi connectivity index (χ2n) is 9.20. The summed E-state index contributed by atoms with van der Waals surface area (Å²) in [6, 6.07) is 15.7. The fourth-order valence-corrected chi connectivity index (χ4v) is 3.77. The fraction of sp³-hybridized carbons (Fsp3) is 0.320. The van der Waals surface area contributed by atoms with Crippen molar-refractivity contribution in [1.29, 1.82) is 0 Å². The minimum atomic E-state index is -0.748. The van der Waals surface area contributed by atoms with Crippen LogP contribution in [0.1, 0.15) is 39.2 Å². The number of hydrogen-bond donors (Lipinski definition) is 2. The lowest BCUT2D eigenvalue weighted by Gasteiger charge is -2.20. The Morgan fingerprint density at radius 2 is 1.53 bits per heavy atom. The molecule has 0 saturated heterocycles. The van der Waals surface area contributed by atoms with E-state index in [-0.39, 0.29) is 0 Å². The normalized spacial score (nSPS) is 14.6. The predicted octanol–water partition coefficient (Wildman–Crippen LogP) is 5.22. The van der Waals surface area contributed by atoms with Crippen LogP contribution in [0.15, 0.2) is 54.7 Å². The highest BCUT2D eigenvalue weighted by Crippen LogP contribution is 2.48. The molecule has 4 rings (SSSR count). The van der Waals surface area contributed by atoms with Crippen LogP contribution >= 0.6 is 0 Å². The zero-order valence-corrected chi connectivity index (χ0v) is 18.7. The summed E-state index contributed by atoms with van der Waals surface area (Å²) in [5.74, 6) is -0.193. The van der Waals surface area contributed by atoms with E-state index in [1.807, 2.05) is 69.3 Å². The largest absolute Gasteiger partial charge is 0.481 e. The number of nitrogens with one attached hydrogen (secondary N) is 1. The summed E-state index contributed by atoms with van der Waals surface area (Å²) in [5, 5.41) is 16.5. The van der Waals surface area contributed by atoms with E-state index in [9.17, 15) is 14.7 Å². The number of aryl methyl sites for hydroxylation is 1. The Bertz CT molecular complexity index is 1150. The maximum Gasteiger partial charge on any atom is 0.413 e. The second kappa shape index (κ2) is 7.82. The van der Waals surface area contributed by atoms with E-state index in [1.165, 1.54) is 0 Å². The van der Waals surface area contributed by atoms with Crippen LogP contribution in [0.3, 0.4) is 0 Å².